The number of aliphatic hydroxyl groups is 1. The second-order valence-corrected chi connectivity index (χ2v) is 4.04. The van der Waals surface area contributed by atoms with Crippen molar-refractivity contribution < 1.29 is 5.11 Å². The minimum Gasteiger partial charge on any atom is -0.395 e. The van der Waals surface area contributed by atoms with Crippen molar-refractivity contribution in [3.8, 4) is 0 Å². The van der Waals surface area contributed by atoms with Crippen LogP contribution in [0.2, 0.25) is 0 Å². The number of hydrogen-bond acceptors (Lipinski definition) is 2. The molecule has 0 unspecified atom stereocenters. The first-order valence-corrected chi connectivity index (χ1v) is 5.78. The van der Waals surface area contributed by atoms with E-state index in [1.807, 2.05) is 0 Å². The Hall–Kier alpha value is 0.650. The zero-order valence-electron chi connectivity index (χ0n) is 6.80. The van der Waals surface area contributed by atoms with E-state index in [-0.39, 0.29) is 0 Å². The number of halogens is 1. The highest BCUT2D eigenvalue weighted by atomic mass is 127. The molecular weight excluding hydrogens is 253 g/mol. The van der Waals surface area contributed by atoms with Crippen molar-refractivity contribution in [3.05, 3.63) is 0 Å². The summed E-state index contributed by atoms with van der Waals surface area (Å²) >= 11 is 2.47. The van der Waals surface area contributed by atoms with Crippen molar-refractivity contribution in [3.63, 3.8) is 0 Å². The van der Waals surface area contributed by atoms with E-state index in [9.17, 15) is 0 Å². The fourth-order valence-electron chi connectivity index (χ4n) is 1.51. The van der Waals surface area contributed by atoms with Gasteiger partial charge in [0.1, 0.15) is 0 Å². The molecule has 0 spiro atoms. The molecule has 66 valence electrons. The molecule has 0 aliphatic carbocycles. The highest BCUT2D eigenvalue weighted by Gasteiger charge is 2.16. The van der Waals surface area contributed by atoms with Crippen LogP contribution < -0.4 is 0 Å². The smallest absolute Gasteiger partial charge is 0.0558 e. The van der Waals surface area contributed by atoms with Crippen LogP contribution in [-0.4, -0.2) is 40.7 Å². The molecule has 0 amide bonds. The fourth-order valence-corrected chi connectivity index (χ4v) is 2.39. The van der Waals surface area contributed by atoms with Gasteiger partial charge in [0.15, 0.2) is 0 Å². The number of hydrogen-bond donors (Lipinski definition) is 1. The molecule has 2 nitrogen and oxygen atoms in total. The Morgan fingerprint density at radius 2 is 2.00 bits per heavy atom. The summed E-state index contributed by atoms with van der Waals surface area (Å²) < 4.78 is 1.30. The lowest BCUT2D eigenvalue weighted by Crippen LogP contribution is -2.35. The van der Waals surface area contributed by atoms with Gasteiger partial charge in [0.2, 0.25) is 0 Å². The molecule has 1 saturated heterocycles. The maximum atomic E-state index is 8.70. The maximum Gasteiger partial charge on any atom is 0.0558 e. The lowest BCUT2D eigenvalue weighted by atomic mass is 9.99. The van der Waals surface area contributed by atoms with Crippen LogP contribution in [0.3, 0.4) is 0 Å². The molecule has 1 aliphatic rings. The topological polar surface area (TPSA) is 23.5 Å². The van der Waals surface area contributed by atoms with Crippen molar-refractivity contribution in [2.75, 3.05) is 30.7 Å². The van der Waals surface area contributed by atoms with E-state index in [4.69, 9.17) is 5.11 Å². The van der Waals surface area contributed by atoms with Gasteiger partial charge < -0.3 is 10.0 Å². The summed E-state index contributed by atoms with van der Waals surface area (Å²) in [5, 5.41) is 8.70. The van der Waals surface area contributed by atoms with E-state index in [2.05, 4.69) is 27.5 Å². The zero-order chi connectivity index (χ0) is 8.10. The van der Waals surface area contributed by atoms with E-state index in [1.165, 1.54) is 30.4 Å². The van der Waals surface area contributed by atoms with E-state index in [0.29, 0.717) is 6.61 Å². The Labute approximate surface area is 82.1 Å². The Morgan fingerprint density at radius 1 is 1.36 bits per heavy atom. The second kappa shape index (κ2) is 5.32. The average molecular weight is 269 g/mol. The maximum absolute atomic E-state index is 8.70. The van der Waals surface area contributed by atoms with Crippen molar-refractivity contribution in [2.24, 2.45) is 5.92 Å². The molecular formula is C8H16INO. The molecule has 1 aliphatic heterocycles. The average Bonchev–Trinajstić information content (AvgIpc) is 2.07. The van der Waals surface area contributed by atoms with E-state index in [0.717, 1.165) is 12.5 Å². The van der Waals surface area contributed by atoms with Crippen LogP contribution in [0.4, 0.5) is 0 Å². The summed E-state index contributed by atoms with van der Waals surface area (Å²) in [6, 6.07) is 0. The molecule has 1 fully saturated rings. The highest BCUT2D eigenvalue weighted by molar-refractivity contribution is 14.1. The molecule has 1 N–H and O–H groups in total. The number of piperidine rings is 1. The Morgan fingerprint density at radius 3 is 2.45 bits per heavy atom. The Balaban J connectivity index is 2.14. The molecule has 0 saturated carbocycles. The van der Waals surface area contributed by atoms with Crippen LogP contribution in [-0.2, 0) is 0 Å². The lowest BCUT2D eigenvalue weighted by molar-refractivity contribution is 0.154. The van der Waals surface area contributed by atoms with Crippen molar-refractivity contribution in [1.29, 1.82) is 0 Å². The van der Waals surface area contributed by atoms with Gasteiger partial charge in [-0.2, -0.15) is 0 Å². The first-order chi connectivity index (χ1) is 5.36. The molecule has 0 atom stereocenters. The van der Waals surface area contributed by atoms with Gasteiger partial charge in [0, 0.05) is 11.0 Å². The number of aliphatic hydroxyl groups excluding tert-OH is 1. The van der Waals surface area contributed by atoms with Gasteiger partial charge in [0.25, 0.3) is 0 Å². The summed E-state index contributed by atoms with van der Waals surface area (Å²) in [6.45, 7) is 3.56. The lowest BCUT2D eigenvalue weighted by Gasteiger charge is -2.30. The van der Waals surface area contributed by atoms with Crippen molar-refractivity contribution in [1.82, 2.24) is 4.90 Å². The molecule has 0 bridgehead atoms. The van der Waals surface area contributed by atoms with Gasteiger partial charge >= 0.3 is 0 Å². The predicted molar refractivity (Wildman–Crippen MR) is 55.1 cm³/mol. The predicted octanol–water partition coefficient (Wildman–Crippen LogP) is 1.13. The van der Waals surface area contributed by atoms with Crippen molar-refractivity contribution in [2.45, 2.75) is 12.8 Å². The normalized spacial score (nSPS) is 22.4. The van der Waals surface area contributed by atoms with Crippen LogP contribution in [0.5, 0.6) is 0 Å². The number of nitrogens with zero attached hydrogens (tertiary/aromatic N) is 1. The van der Waals surface area contributed by atoms with Gasteiger partial charge in [-0.3, -0.25) is 0 Å². The van der Waals surface area contributed by atoms with Crippen LogP contribution >= 0.6 is 22.6 Å². The van der Waals surface area contributed by atoms with Crippen LogP contribution in [0.15, 0.2) is 0 Å². The van der Waals surface area contributed by atoms with Gasteiger partial charge in [-0.25, -0.2) is 0 Å². The van der Waals surface area contributed by atoms with Gasteiger partial charge in [-0.1, -0.05) is 22.6 Å². The molecule has 3 heteroatoms. The summed E-state index contributed by atoms with van der Waals surface area (Å²) in [5.41, 5.74) is 0. The Bertz CT molecular complexity index is 102. The molecule has 0 aromatic heterocycles. The third kappa shape index (κ3) is 3.25. The van der Waals surface area contributed by atoms with E-state index >= 15 is 0 Å². The van der Waals surface area contributed by atoms with Gasteiger partial charge in [-0.15, -0.1) is 0 Å². The minimum atomic E-state index is 0.314. The monoisotopic (exact) mass is 269 g/mol. The van der Waals surface area contributed by atoms with Gasteiger partial charge in [-0.05, 0) is 31.8 Å². The van der Waals surface area contributed by atoms with Crippen LogP contribution in [0, 0.1) is 5.92 Å². The molecule has 0 aromatic rings. The SMILES string of the molecule is OCCN1CCC(CI)CC1. The number of rotatable bonds is 3. The fraction of sp³-hybridized carbons (Fsp3) is 1.00. The summed E-state index contributed by atoms with van der Waals surface area (Å²) in [5.74, 6) is 0.936. The zero-order valence-corrected chi connectivity index (χ0v) is 8.96. The van der Waals surface area contributed by atoms with Gasteiger partial charge in [0.05, 0.1) is 6.61 Å². The Kier molecular flexibility index (Phi) is 4.71. The largest absolute Gasteiger partial charge is 0.395 e. The molecule has 1 rings (SSSR count). The third-order valence-electron chi connectivity index (χ3n) is 2.34. The minimum absolute atomic E-state index is 0.314. The standard InChI is InChI=1S/C8H16INO/c9-7-8-1-3-10(4-2-8)5-6-11/h8,11H,1-7H2. The number of likely N-dealkylation sites (tertiary alicyclic amines) is 1. The van der Waals surface area contributed by atoms with E-state index < -0.39 is 0 Å². The summed E-state index contributed by atoms with van der Waals surface area (Å²) in [6.07, 6.45) is 2.64. The highest BCUT2D eigenvalue weighted by Crippen LogP contribution is 2.18. The summed E-state index contributed by atoms with van der Waals surface area (Å²) in [7, 11) is 0. The quantitative estimate of drug-likeness (QED) is 0.613. The molecule has 0 aromatic carbocycles. The second-order valence-electron chi connectivity index (χ2n) is 3.16. The number of alkyl halides is 1. The molecule has 0 radical (unpaired) electrons. The summed E-state index contributed by atoms with van der Waals surface area (Å²) in [4.78, 5) is 2.35. The van der Waals surface area contributed by atoms with E-state index in [1.54, 1.807) is 0 Å². The first-order valence-electron chi connectivity index (χ1n) is 4.26. The van der Waals surface area contributed by atoms with Crippen LogP contribution in [0.25, 0.3) is 0 Å². The van der Waals surface area contributed by atoms with Crippen LogP contribution in [0.1, 0.15) is 12.8 Å². The molecule has 11 heavy (non-hydrogen) atoms. The number of β-amino-alcohol motifs (C(OH)–C–C–N with tert-alkyl or cyclic N) is 1. The first kappa shape index (κ1) is 9.74. The molecule has 1 heterocycles. The third-order valence-corrected chi connectivity index (χ3v) is 3.59. The van der Waals surface area contributed by atoms with Crippen molar-refractivity contribution >= 4 is 22.6 Å².